The maximum Gasteiger partial charge on any atom is 0.336 e. The van der Waals surface area contributed by atoms with E-state index in [1.807, 2.05) is 24.3 Å². The molecule has 0 radical (unpaired) electrons. The highest BCUT2D eigenvalue weighted by Crippen LogP contribution is 2.24. The molecule has 26 heavy (non-hydrogen) atoms. The molecular weight excluding hydrogens is 332 g/mol. The van der Waals surface area contributed by atoms with E-state index in [2.05, 4.69) is 10.5 Å². The lowest BCUT2D eigenvalue weighted by Gasteiger charge is -2.08. The minimum Gasteiger partial charge on any atom is -0.507 e. The van der Waals surface area contributed by atoms with Gasteiger partial charge in [0.15, 0.2) is 0 Å². The molecule has 0 bridgehead atoms. The molecular formula is C20H16N2O4. The monoisotopic (exact) mass is 348 g/mol. The summed E-state index contributed by atoms with van der Waals surface area (Å²) in [4.78, 5) is 23.6. The lowest BCUT2D eigenvalue weighted by molar-refractivity contribution is 0.0696. The number of carboxylic acid groups (broad SMARTS) is 1. The fourth-order valence-corrected chi connectivity index (χ4v) is 2.65. The van der Waals surface area contributed by atoms with E-state index in [-0.39, 0.29) is 16.9 Å². The van der Waals surface area contributed by atoms with Crippen LogP contribution in [-0.2, 0) is 0 Å². The molecule has 0 aromatic heterocycles. The zero-order valence-corrected chi connectivity index (χ0v) is 13.9. The van der Waals surface area contributed by atoms with E-state index in [0.717, 1.165) is 10.8 Å². The second-order valence-corrected chi connectivity index (χ2v) is 5.71. The van der Waals surface area contributed by atoms with Gasteiger partial charge in [-0.2, -0.15) is 5.10 Å². The second-order valence-electron chi connectivity index (χ2n) is 5.71. The van der Waals surface area contributed by atoms with Gasteiger partial charge in [-0.3, -0.25) is 4.79 Å². The third kappa shape index (κ3) is 3.39. The van der Waals surface area contributed by atoms with Crippen LogP contribution in [0.2, 0.25) is 0 Å². The quantitative estimate of drug-likeness (QED) is 0.497. The van der Waals surface area contributed by atoms with Crippen molar-refractivity contribution in [3.8, 4) is 5.75 Å². The lowest BCUT2D eigenvalue weighted by atomic mass is 10.0. The average molecular weight is 348 g/mol. The molecule has 6 nitrogen and oxygen atoms in total. The van der Waals surface area contributed by atoms with Crippen LogP contribution in [0.15, 0.2) is 65.8 Å². The van der Waals surface area contributed by atoms with Crippen molar-refractivity contribution in [2.75, 3.05) is 0 Å². The predicted molar refractivity (Wildman–Crippen MR) is 98.7 cm³/mol. The molecule has 0 saturated carbocycles. The number of nitrogens with one attached hydrogen (secondary N) is 1. The molecule has 3 N–H and O–H groups in total. The summed E-state index contributed by atoms with van der Waals surface area (Å²) < 4.78 is 0. The Morgan fingerprint density at radius 3 is 2.12 bits per heavy atom. The van der Waals surface area contributed by atoms with Crippen LogP contribution in [0.25, 0.3) is 10.8 Å². The van der Waals surface area contributed by atoms with E-state index in [9.17, 15) is 19.8 Å². The lowest BCUT2D eigenvalue weighted by Crippen LogP contribution is -2.20. The van der Waals surface area contributed by atoms with Gasteiger partial charge in [-0.05, 0) is 35.9 Å². The van der Waals surface area contributed by atoms with Crippen LogP contribution in [0.4, 0.5) is 0 Å². The van der Waals surface area contributed by atoms with Crippen molar-refractivity contribution < 1.29 is 19.8 Å². The maximum absolute atomic E-state index is 12.4. The predicted octanol–water partition coefficient (Wildman–Crippen LogP) is 3.40. The van der Waals surface area contributed by atoms with E-state index in [1.165, 1.54) is 12.1 Å². The number of hydrogen-bond acceptors (Lipinski definition) is 4. The number of fused-ring (bicyclic) bond motifs is 1. The normalized spacial score (nSPS) is 11.3. The number of rotatable bonds is 4. The highest BCUT2D eigenvalue weighted by molar-refractivity contribution is 6.08. The van der Waals surface area contributed by atoms with Crippen molar-refractivity contribution in [1.82, 2.24) is 5.43 Å². The average Bonchev–Trinajstić information content (AvgIpc) is 2.65. The molecule has 0 heterocycles. The Balaban J connectivity index is 1.88. The Kier molecular flexibility index (Phi) is 4.66. The molecule has 3 aromatic rings. The summed E-state index contributed by atoms with van der Waals surface area (Å²) in [6.45, 7) is 1.60. The molecule has 1 amide bonds. The number of aromatic carboxylic acids is 1. The fraction of sp³-hybridized carbons (Fsp3) is 0.0500. The largest absolute Gasteiger partial charge is 0.507 e. The summed E-state index contributed by atoms with van der Waals surface area (Å²) in [6, 6.07) is 16.8. The number of nitrogens with zero attached hydrogens (tertiary/aromatic N) is 1. The number of amides is 1. The number of phenolic OH excluding ortho intramolecular Hbond substituents is 1. The zero-order chi connectivity index (χ0) is 18.7. The van der Waals surface area contributed by atoms with Gasteiger partial charge in [0, 0.05) is 5.56 Å². The van der Waals surface area contributed by atoms with E-state index in [1.54, 1.807) is 31.2 Å². The Hall–Kier alpha value is -3.67. The standard InChI is InChI=1S/C20H16N2O4/c1-12(15-8-4-5-9-16(15)20(25)26)21-22-19(24)17-10-13-6-2-3-7-14(13)11-18(17)23/h2-11,23H,1H3,(H,22,24)(H,25,26)/b21-12-. The third-order valence-electron chi connectivity index (χ3n) is 3.98. The Morgan fingerprint density at radius 1 is 0.885 bits per heavy atom. The first-order valence-corrected chi connectivity index (χ1v) is 7.86. The van der Waals surface area contributed by atoms with E-state index in [0.29, 0.717) is 11.3 Å². The smallest absolute Gasteiger partial charge is 0.336 e. The van der Waals surface area contributed by atoms with Gasteiger partial charge in [-0.1, -0.05) is 42.5 Å². The topological polar surface area (TPSA) is 99.0 Å². The number of phenols is 1. The first kappa shape index (κ1) is 17.2. The minimum atomic E-state index is -1.08. The van der Waals surface area contributed by atoms with Crippen molar-refractivity contribution in [1.29, 1.82) is 0 Å². The van der Waals surface area contributed by atoms with Crippen LogP contribution in [-0.4, -0.2) is 27.8 Å². The summed E-state index contributed by atoms with van der Waals surface area (Å²) in [5.74, 6) is -1.81. The highest BCUT2D eigenvalue weighted by Gasteiger charge is 2.14. The van der Waals surface area contributed by atoms with Crippen LogP contribution in [0.1, 0.15) is 33.2 Å². The van der Waals surface area contributed by atoms with Gasteiger partial charge < -0.3 is 10.2 Å². The number of hydrazone groups is 1. The number of carbonyl (C=O) groups excluding carboxylic acids is 1. The van der Waals surface area contributed by atoms with Crippen molar-refractivity contribution in [2.45, 2.75) is 6.92 Å². The zero-order valence-electron chi connectivity index (χ0n) is 13.9. The third-order valence-corrected chi connectivity index (χ3v) is 3.98. The Bertz CT molecular complexity index is 1040. The molecule has 0 saturated heterocycles. The molecule has 0 spiro atoms. The Labute approximate surface area is 149 Å². The summed E-state index contributed by atoms with van der Waals surface area (Å²) in [7, 11) is 0. The molecule has 3 rings (SSSR count). The summed E-state index contributed by atoms with van der Waals surface area (Å²) in [5.41, 5.74) is 3.30. The van der Waals surface area contributed by atoms with Crippen LogP contribution < -0.4 is 5.43 Å². The minimum absolute atomic E-state index is 0.0896. The Morgan fingerprint density at radius 2 is 1.46 bits per heavy atom. The molecule has 0 unspecified atom stereocenters. The molecule has 0 aliphatic rings. The van der Waals surface area contributed by atoms with Crippen LogP contribution in [0.3, 0.4) is 0 Å². The van der Waals surface area contributed by atoms with Gasteiger partial charge in [0.1, 0.15) is 5.75 Å². The van der Waals surface area contributed by atoms with E-state index < -0.39 is 11.9 Å². The van der Waals surface area contributed by atoms with Crippen molar-refractivity contribution in [3.05, 3.63) is 77.4 Å². The first-order valence-electron chi connectivity index (χ1n) is 7.86. The van der Waals surface area contributed by atoms with Gasteiger partial charge in [0.2, 0.25) is 0 Å². The first-order chi connectivity index (χ1) is 12.5. The van der Waals surface area contributed by atoms with E-state index in [4.69, 9.17) is 0 Å². The van der Waals surface area contributed by atoms with Gasteiger partial charge in [-0.25, -0.2) is 10.2 Å². The molecule has 0 fully saturated rings. The summed E-state index contributed by atoms with van der Waals surface area (Å²) in [6.07, 6.45) is 0. The van der Waals surface area contributed by atoms with Crippen LogP contribution in [0.5, 0.6) is 5.75 Å². The molecule has 3 aromatic carbocycles. The highest BCUT2D eigenvalue weighted by atomic mass is 16.4. The van der Waals surface area contributed by atoms with Crippen LogP contribution >= 0.6 is 0 Å². The van der Waals surface area contributed by atoms with Gasteiger partial charge in [-0.15, -0.1) is 0 Å². The number of carboxylic acids is 1. The maximum atomic E-state index is 12.4. The van der Waals surface area contributed by atoms with Gasteiger partial charge in [0.05, 0.1) is 16.8 Å². The molecule has 6 heteroatoms. The van der Waals surface area contributed by atoms with E-state index >= 15 is 0 Å². The number of hydrogen-bond donors (Lipinski definition) is 3. The molecule has 0 aliphatic carbocycles. The summed E-state index contributed by atoms with van der Waals surface area (Å²) in [5, 5.41) is 24.9. The van der Waals surface area contributed by atoms with Gasteiger partial charge in [0.25, 0.3) is 5.91 Å². The van der Waals surface area contributed by atoms with Crippen molar-refractivity contribution >= 4 is 28.4 Å². The molecule has 0 atom stereocenters. The van der Waals surface area contributed by atoms with Gasteiger partial charge >= 0.3 is 5.97 Å². The summed E-state index contributed by atoms with van der Waals surface area (Å²) >= 11 is 0. The number of aromatic hydroxyl groups is 1. The number of benzene rings is 3. The number of carbonyl (C=O) groups is 2. The fourth-order valence-electron chi connectivity index (χ4n) is 2.65. The van der Waals surface area contributed by atoms with Crippen LogP contribution in [0, 0.1) is 0 Å². The SMILES string of the molecule is C/C(=N/NC(=O)c1cc2ccccc2cc1O)c1ccccc1C(=O)O. The van der Waals surface area contributed by atoms with Crippen molar-refractivity contribution in [3.63, 3.8) is 0 Å². The molecule has 0 aliphatic heterocycles. The second kappa shape index (κ2) is 7.06. The molecule has 130 valence electrons. The van der Waals surface area contributed by atoms with Crippen molar-refractivity contribution in [2.24, 2.45) is 5.10 Å².